The van der Waals surface area contributed by atoms with Crippen molar-refractivity contribution in [2.45, 2.75) is 95.7 Å². The predicted molar refractivity (Wildman–Crippen MR) is 171 cm³/mol. The zero-order valence-corrected chi connectivity index (χ0v) is 27.5. The molecule has 10 nitrogen and oxygen atoms in total. The molecule has 2 bridgehead atoms. The minimum Gasteiger partial charge on any atom is -0.472 e. The molecule has 4 atom stereocenters. The van der Waals surface area contributed by atoms with E-state index in [1.165, 1.54) is 0 Å². The van der Waals surface area contributed by atoms with Crippen LogP contribution in [0.1, 0.15) is 71.1 Å². The average molecular weight is 652 g/mol. The number of anilines is 1. The Balaban J connectivity index is 1.23. The van der Waals surface area contributed by atoms with E-state index < -0.39 is 29.2 Å². The summed E-state index contributed by atoms with van der Waals surface area (Å²) < 4.78 is 33.7. The Morgan fingerprint density at radius 1 is 1.15 bits per heavy atom. The van der Waals surface area contributed by atoms with Crippen molar-refractivity contribution in [3.05, 3.63) is 58.6 Å². The Hall–Kier alpha value is -3.86. The van der Waals surface area contributed by atoms with Crippen LogP contribution in [0.15, 0.2) is 36.4 Å². The molecule has 12 heteroatoms. The molecule has 0 radical (unpaired) electrons. The maximum Gasteiger partial charge on any atom is 0.411 e. The van der Waals surface area contributed by atoms with Gasteiger partial charge in [-0.15, -0.1) is 0 Å². The maximum atomic E-state index is 15.8. The van der Waals surface area contributed by atoms with Gasteiger partial charge in [0.2, 0.25) is 5.88 Å². The van der Waals surface area contributed by atoms with E-state index >= 15 is 4.39 Å². The van der Waals surface area contributed by atoms with Gasteiger partial charge in [0.15, 0.2) is 11.0 Å². The summed E-state index contributed by atoms with van der Waals surface area (Å²) in [6, 6.07) is 10.7. The summed E-state index contributed by atoms with van der Waals surface area (Å²) in [5.41, 5.74) is 0.427. The molecular formula is C34H39ClFN5O5. The molecule has 1 aromatic carbocycles. The molecule has 4 aliphatic rings. The van der Waals surface area contributed by atoms with Crippen LogP contribution in [0.5, 0.6) is 5.88 Å². The van der Waals surface area contributed by atoms with Gasteiger partial charge in [-0.1, -0.05) is 48.9 Å². The number of benzene rings is 1. The largest absolute Gasteiger partial charge is 0.472 e. The normalized spacial score (nSPS) is 25.5. The molecule has 3 aromatic rings. The third kappa shape index (κ3) is 5.07. The molecule has 6 heterocycles. The second-order valence-corrected chi connectivity index (χ2v) is 14.3. The fourth-order valence-electron chi connectivity index (χ4n) is 7.62. The number of hydrogen-bond acceptors (Lipinski definition) is 8. The number of piperazine rings is 1. The van der Waals surface area contributed by atoms with E-state index in [1.807, 2.05) is 62.9 Å². The highest BCUT2D eigenvalue weighted by atomic mass is 35.5. The van der Waals surface area contributed by atoms with Crippen LogP contribution >= 0.6 is 11.6 Å². The van der Waals surface area contributed by atoms with Crippen molar-refractivity contribution in [2.24, 2.45) is 0 Å². The molecule has 46 heavy (non-hydrogen) atoms. The SMILES string of the molecule is CC[C@@]12CC[C@@H]([C@H]3[C@H](C)Oc4nc(Cl)c(F)c5cc(C6CN(C(=O)OCc7ccccc7)C6)nc(c45)N3C1)N2C(=O)OC(C)(C)C. The van der Waals surface area contributed by atoms with E-state index in [0.717, 1.165) is 18.4 Å². The number of hydrogen-bond donors (Lipinski definition) is 0. The summed E-state index contributed by atoms with van der Waals surface area (Å²) in [6.45, 7) is 11.1. The van der Waals surface area contributed by atoms with Crippen LogP contribution in [0.25, 0.3) is 10.8 Å². The number of pyridine rings is 2. The van der Waals surface area contributed by atoms with Crippen molar-refractivity contribution in [2.75, 3.05) is 24.5 Å². The summed E-state index contributed by atoms with van der Waals surface area (Å²) in [5, 5.41) is 0.467. The lowest BCUT2D eigenvalue weighted by atomic mass is 9.89. The van der Waals surface area contributed by atoms with Crippen molar-refractivity contribution in [3.8, 4) is 5.88 Å². The fourth-order valence-corrected chi connectivity index (χ4v) is 7.80. The molecule has 3 fully saturated rings. The second-order valence-electron chi connectivity index (χ2n) is 13.9. The van der Waals surface area contributed by atoms with Crippen LogP contribution in [-0.2, 0) is 16.1 Å². The second kappa shape index (κ2) is 11.1. The zero-order chi connectivity index (χ0) is 32.5. The number of halogens is 2. The number of nitrogens with zero attached hydrogens (tertiary/aromatic N) is 5. The first-order chi connectivity index (χ1) is 21.9. The van der Waals surface area contributed by atoms with Crippen molar-refractivity contribution < 1.29 is 28.2 Å². The number of carbonyl (C=O) groups is 2. The Morgan fingerprint density at radius 2 is 1.89 bits per heavy atom. The summed E-state index contributed by atoms with van der Waals surface area (Å²) >= 11 is 6.33. The lowest BCUT2D eigenvalue weighted by molar-refractivity contribution is -0.0216. The van der Waals surface area contributed by atoms with Gasteiger partial charge in [0.25, 0.3) is 0 Å². The van der Waals surface area contributed by atoms with Gasteiger partial charge in [0.1, 0.15) is 24.1 Å². The molecule has 2 aromatic heterocycles. The molecule has 0 spiro atoms. The van der Waals surface area contributed by atoms with Crippen LogP contribution in [0.4, 0.5) is 19.8 Å². The van der Waals surface area contributed by atoms with Gasteiger partial charge in [-0.05, 0) is 58.6 Å². The van der Waals surface area contributed by atoms with E-state index in [0.29, 0.717) is 43.0 Å². The van der Waals surface area contributed by atoms with Gasteiger partial charge in [-0.25, -0.2) is 19.0 Å². The Morgan fingerprint density at radius 3 is 2.59 bits per heavy atom. The van der Waals surface area contributed by atoms with Crippen LogP contribution in [-0.4, -0.2) is 80.9 Å². The quantitative estimate of drug-likeness (QED) is 0.289. The lowest BCUT2D eigenvalue weighted by Crippen LogP contribution is -2.70. The number of ether oxygens (including phenoxy) is 3. The molecule has 0 unspecified atom stereocenters. The standard InChI is InChI=1S/C34H39ClFN5O5/c1-6-34-13-12-24(41(34)32(43)46-33(3,4)5)27-19(2)45-30-25-22(26(36)28(35)38-30)14-23(37-29(25)40(27)18-34)21-15-39(16-21)31(42)44-17-20-10-8-7-9-11-20/h7-11,14,19,21,24,27H,6,12-13,15-18H2,1-5H3/t19-,24-,27+,34+/m0/s1. The molecule has 3 saturated heterocycles. The van der Waals surface area contributed by atoms with Gasteiger partial charge in [0, 0.05) is 30.9 Å². The average Bonchev–Trinajstić information content (AvgIpc) is 3.20. The van der Waals surface area contributed by atoms with Gasteiger partial charge >= 0.3 is 12.2 Å². The molecule has 0 N–H and O–H groups in total. The van der Waals surface area contributed by atoms with Crippen molar-refractivity contribution in [1.29, 1.82) is 0 Å². The highest BCUT2D eigenvalue weighted by molar-refractivity contribution is 6.30. The number of carbonyl (C=O) groups excluding carboxylic acids is 2. The van der Waals surface area contributed by atoms with Gasteiger partial charge in [0.05, 0.1) is 28.7 Å². The van der Waals surface area contributed by atoms with Gasteiger partial charge in [-0.2, -0.15) is 4.98 Å². The third-order valence-corrected chi connectivity index (χ3v) is 10.1. The highest BCUT2D eigenvalue weighted by Crippen LogP contribution is 2.51. The topological polar surface area (TPSA) is 97.3 Å². The molecule has 7 rings (SSSR count). The highest BCUT2D eigenvalue weighted by Gasteiger charge is 2.60. The summed E-state index contributed by atoms with van der Waals surface area (Å²) in [7, 11) is 0. The van der Waals surface area contributed by atoms with Crippen molar-refractivity contribution in [3.63, 3.8) is 0 Å². The maximum absolute atomic E-state index is 15.8. The smallest absolute Gasteiger partial charge is 0.411 e. The lowest BCUT2D eigenvalue weighted by Gasteiger charge is -2.53. The molecule has 4 aliphatic heterocycles. The number of fused-ring (bicyclic) bond motifs is 5. The fraction of sp³-hybridized carbons (Fsp3) is 0.529. The first-order valence-corrected chi connectivity index (χ1v) is 16.4. The Labute approximate surface area is 272 Å². The van der Waals surface area contributed by atoms with Crippen LogP contribution in [0, 0.1) is 5.82 Å². The molecule has 2 amide bonds. The minimum atomic E-state index is -0.644. The van der Waals surface area contributed by atoms with E-state index in [9.17, 15) is 9.59 Å². The molecular weight excluding hydrogens is 613 g/mol. The molecule has 0 saturated carbocycles. The van der Waals surface area contributed by atoms with Crippen LogP contribution in [0.2, 0.25) is 5.15 Å². The number of amides is 2. The minimum absolute atomic E-state index is 0.125. The third-order valence-electron chi connectivity index (χ3n) is 9.88. The summed E-state index contributed by atoms with van der Waals surface area (Å²) in [5.74, 6) is 0.0274. The van der Waals surface area contributed by atoms with Crippen molar-refractivity contribution >= 4 is 40.4 Å². The Bertz CT molecular complexity index is 1700. The van der Waals surface area contributed by atoms with E-state index in [2.05, 4.69) is 16.8 Å². The zero-order valence-electron chi connectivity index (χ0n) is 26.8. The van der Waals surface area contributed by atoms with E-state index in [1.54, 1.807) is 11.0 Å². The van der Waals surface area contributed by atoms with Gasteiger partial charge < -0.3 is 24.0 Å². The molecule has 244 valence electrons. The van der Waals surface area contributed by atoms with E-state index in [4.69, 9.17) is 30.8 Å². The summed E-state index contributed by atoms with van der Waals surface area (Å²) in [4.78, 5) is 41.7. The monoisotopic (exact) mass is 651 g/mol. The van der Waals surface area contributed by atoms with Crippen LogP contribution in [0.3, 0.4) is 0 Å². The first kappa shape index (κ1) is 30.8. The Kier molecular flexibility index (Phi) is 7.45. The number of rotatable bonds is 4. The van der Waals surface area contributed by atoms with Crippen LogP contribution < -0.4 is 9.64 Å². The van der Waals surface area contributed by atoms with Crippen molar-refractivity contribution in [1.82, 2.24) is 19.8 Å². The first-order valence-electron chi connectivity index (χ1n) is 16.0. The number of likely N-dealkylation sites (tertiary alicyclic amines) is 1. The van der Waals surface area contributed by atoms with E-state index in [-0.39, 0.29) is 47.1 Å². The predicted octanol–water partition coefficient (Wildman–Crippen LogP) is 6.68. The number of aromatic nitrogens is 2. The molecule has 0 aliphatic carbocycles. The summed E-state index contributed by atoms with van der Waals surface area (Å²) in [6.07, 6.45) is 1.13. The van der Waals surface area contributed by atoms with Gasteiger partial charge in [-0.3, -0.25) is 4.90 Å².